The van der Waals surface area contributed by atoms with Crippen LogP contribution in [0.2, 0.25) is 0 Å². The van der Waals surface area contributed by atoms with Crippen LogP contribution in [-0.4, -0.2) is 57.7 Å². The Morgan fingerprint density at radius 1 is 0.500 bits per heavy atom. The van der Waals surface area contributed by atoms with Crippen LogP contribution in [-0.2, 0) is 0 Å². The number of aromatic carboxylic acids is 4. The van der Waals surface area contributed by atoms with Crippen molar-refractivity contribution < 1.29 is 118 Å². The molecule has 0 radical (unpaired) electrons. The minimum atomic E-state index is -1.66. The monoisotopic (exact) mass is 746 g/mol. The maximum absolute atomic E-state index is 12.6. The fraction of sp³-hybridized carbons (Fsp3) is 0.0526. The van der Waals surface area contributed by atoms with Gasteiger partial charge in [-0.15, -0.1) is 12.8 Å². The number of imide groups is 2. The molecule has 54 heavy (non-hydrogen) atoms. The average molecular weight is 747 g/mol. The maximum Gasteiger partial charge on any atom is 1.00 e. The molecule has 0 aliphatic carbocycles. The molecule has 16 heteroatoms. The van der Waals surface area contributed by atoms with Crippen LogP contribution in [0.25, 0.3) is 0 Å². The summed E-state index contributed by atoms with van der Waals surface area (Å²) in [4.78, 5) is 96.1. The molecule has 2 aliphatic rings. The standard InChI is InChI=1S/2C18H9NO6.2CH4.2Na/c2*1-2-9-3-4-13-14(5-9)16(21)19(15(13)20)12-7-10(17(22)23)6-11(8-12)18(24)25;;;;/h2*1,3-8H,(H,22,23)(H,24,25);2*1H4;;/q;;;;2*+1/p-2. The number of carbonyl (C=O) groups excluding carboxylic acids is 6. The van der Waals surface area contributed by atoms with Crippen LogP contribution in [0.5, 0.6) is 0 Å². The topological polar surface area (TPSA) is 230 Å². The number of fused-ring (bicyclic) bond motifs is 2. The quantitative estimate of drug-likeness (QED) is 0.111. The van der Waals surface area contributed by atoms with Gasteiger partial charge < -0.3 is 30.0 Å². The molecule has 0 saturated carbocycles. The maximum atomic E-state index is 12.6. The Morgan fingerprint density at radius 2 is 0.796 bits per heavy atom. The molecule has 0 spiro atoms. The number of benzene rings is 4. The third kappa shape index (κ3) is 8.68. The summed E-state index contributed by atoms with van der Waals surface area (Å²) in [6.45, 7) is 0. The second-order valence-electron chi connectivity index (χ2n) is 10.4. The first-order valence-electron chi connectivity index (χ1n) is 13.8. The smallest absolute Gasteiger partial charge is 0.545 e. The van der Waals surface area contributed by atoms with E-state index in [4.69, 9.17) is 23.1 Å². The van der Waals surface area contributed by atoms with Gasteiger partial charge in [0.1, 0.15) is 0 Å². The Hall–Kier alpha value is -5.84. The summed E-state index contributed by atoms with van der Waals surface area (Å²) in [7, 11) is 0. The molecule has 0 bridgehead atoms. The van der Waals surface area contributed by atoms with Crippen molar-refractivity contribution in [3.05, 3.63) is 128 Å². The third-order valence-electron chi connectivity index (χ3n) is 7.42. The minimum Gasteiger partial charge on any atom is -0.545 e. The molecule has 4 amide bonds. The zero-order chi connectivity index (χ0) is 36.6. The molecule has 260 valence electrons. The number of amides is 4. The van der Waals surface area contributed by atoms with Crippen molar-refractivity contribution in [3.63, 3.8) is 0 Å². The first-order chi connectivity index (χ1) is 23.7. The molecule has 0 saturated heterocycles. The molecular formula is C38H24N2Na2O12. The Bertz CT molecular complexity index is 2140. The Labute approximate surface area is 352 Å². The summed E-state index contributed by atoms with van der Waals surface area (Å²) in [5.74, 6) is -4.21. The van der Waals surface area contributed by atoms with E-state index in [-0.39, 0.29) is 119 Å². The zero-order valence-electron chi connectivity index (χ0n) is 27.0. The molecular weight excluding hydrogens is 722 g/mol. The van der Waals surface area contributed by atoms with Crippen LogP contribution in [0, 0.1) is 24.7 Å². The number of carbonyl (C=O) groups is 8. The van der Waals surface area contributed by atoms with Crippen molar-refractivity contribution in [1.82, 2.24) is 0 Å². The molecule has 0 fully saturated rings. The second-order valence-corrected chi connectivity index (χ2v) is 10.4. The number of hydrogen-bond acceptors (Lipinski definition) is 10. The SMILES string of the molecule is C.C.C#Cc1ccc2c(c1)C(=O)N(c1cc(C(=O)O)cc(C(=O)O)c1)C2=O.C#Cc1ccc2c(c1)C(=O)N(c1cc(C(=O)[O-])cc(C(=O)[O-])c1)C2=O.[Na+].[Na+]. The number of nitrogens with zero attached hydrogens (tertiary/aromatic N) is 2. The van der Waals surface area contributed by atoms with Crippen molar-refractivity contribution in [3.8, 4) is 24.7 Å². The Morgan fingerprint density at radius 3 is 1.09 bits per heavy atom. The summed E-state index contributed by atoms with van der Waals surface area (Å²) < 4.78 is 0. The van der Waals surface area contributed by atoms with E-state index in [1.807, 2.05) is 0 Å². The van der Waals surface area contributed by atoms with E-state index in [0.717, 1.165) is 41.3 Å². The van der Waals surface area contributed by atoms with Gasteiger partial charge in [-0.2, -0.15) is 0 Å². The zero-order valence-corrected chi connectivity index (χ0v) is 31.0. The third-order valence-corrected chi connectivity index (χ3v) is 7.42. The number of carboxylic acids is 4. The normalized spacial score (nSPS) is 11.7. The molecule has 4 aromatic carbocycles. The Kier molecular flexibility index (Phi) is 15.6. The van der Waals surface area contributed by atoms with Crippen molar-refractivity contribution in [1.29, 1.82) is 0 Å². The molecule has 2 N–H and O–H groups in total. The van der Waals surface area contributed by atoms with Crippen molar-refractivity contribution >= 4 is 58.9 Å². The van der Waals surface area contributed by atoms with Crippen molar-refractivity contribution in [2.45, 2.75) is 14.9 Å². The number of hydrogen-bond donors (Lipinski definition) is 2. The van der Waals surface area contributed by atoms with E-state index in [9.17, 15) is 48.6 Å². The summed E-state index contributed by atoms with van der Waals surface area (Å²) in [6.07, 6.45) is 10.6. The number of carboxylic acid groups (broad SMARTS) is 4. The molecule has 14 nitrogen and oxygen atoms in total. The van der Waals surface area contributed by atoms with Gasteiger partial charge in [0.25, 0.3) is 23.6 Å². The van der Waals surface area contributed by atoms with Gasteiger partial charge in [-0.05, 0) is 83.9 Å². The predicted octanol–water partition coefficient (Wildman–Crippen LogP) is -3.66. The largest absolute Gasteiger partial charge is 1.00 e. The minimum absolute atomic E-state index is 0. The summed E-state index contributed by atoms with van der Waals surface area (Å²) in [5.41, 5.74) is -0.929. The summed E-state index contributed by atoms with van der Waals surface area (Å²) >= 11 is 0. The van der Waals surface area contributed by atoms with Gasteiger partial charge in [0.2, 0.25) is 0 Å². The van der Waals surface area contributed by atoms with Gasteiger partial charge in [-0.25, -0.2) is 19.4 Å². The van der Waals surface area contributed by atoms with Crippen LogP contribution >= 0.6 is 0 Å². The van der Waals surface area contributed by atoms with Gasteiger partial charge in [-0.1, -0.05) is 26.7 Å². The van der Waals surface area contributed by atoms with E-state index >= 15 is 0 Å². The molecule has 2 heterocycles. The van der Waals surface area contributed by atoms with E-state index in [2.05, 4.69) is 11.8 Å². The van der Waals surface area contributed by atoms with Crippen LogP contribution < -0.4 is 79.1 Å². The first kappa shape index (κ1) is 46.2. The number of terminal acetylenes is 2. The molecule has 2 aliphatic heterocycles. The van der Waals surface area contributed by atoms with Gasteiger partial charge >= 0.3 is 71.1 Å². The van der Waals surface area contributed by atoms with Gasteiger partial charge in [-0.3, -0.25) is 19.2 Å². The van der Waals surface area contributed by atoms with Crippen LogP contribution in [0.1, 0.15) is 109 Å². The number of rotatable bonds is 6. The van der Waals surface area contributed by atoms with Crippen molar-refractivity contribution in [2.24, 2.45) is 0 Å². The van der Waals surface area contributed by atoms with Crippen molar-refractivity contribution in [2.75, 3.05) is 9.80 Å². The van der Waals surface area contributed by atoms with Gasteiger partial charge in [0, 0.05) is 11.1 Å². The molecule has 0 aromatic heterocycles. The van der Waals surface area contributed by atoms with E-state index in [0.29, 0.717) is 16.0 Å². The van der Waals surface area contributed by atoms with E-state index in [1.54, 1.807) is 0 Å². The second kappa shape index (κ2) is 18.3. The van der Waals surface area contributed by atoms with Gasteiger partial charge in [0.15, 0.2) is 0 Å². The molecule has 0 atom stereocenters. The van der Waals surface area contributed by atoms with Gasteiger partial charge in [0.05, 0.1) is 56.7 Å². The molecule has 6 rings (SSSR count). The van der Waals surface area contributed by atoms with E-state index < -0.39 is 58.6 Å². The molecule has 0 unspecified atom stereocenters. The molecule has 4 aromatic rings. The predicted molar refractivity (Wildman–Crippen MR) is 180 cm³/mol. The van der Waals surface area contributed by atoms with Crippen LogP contribution in [0.15, 0.2) is 72.8 Å². The Balaban J connectivity index is 0.000000503. The fourth-order valence-corrected chi connectivity index (χ4v) is 5.09. The van der Waals surface area contributed by atoms with E-state index in [1.165, 1.54) is 36.4 Å². The first-order valence-corrected chi connectivity index (χ1v) is 13.8. The van der Waals surface area contributed by atoms with Crippen LogP contribution in [0.4, 0.5) is 11.4 Å². The summed E-state index contributed by atoms with van der Waals surface area (Å²) in [6, 6.07) is 14.4. The van der Waals surface area contributed by atoms with Crippen LogP contribution in [0.3, 0.4) is 0 Å². The fourth-order valence-electron chi connectivity index (χ4n) is 5.09. The summed E-state index contributed by atoms with van der Waals surface area (Å²) in [5, 5.41) is 40.4. The number of anilines is 2. The average Bonchev–Trinajstić information content (AvgIpc) is 3.50.